The Hall–Kier alpha value is -3.16. The van der Waals surface area contributed by atoms with E-state index >= 15 is 0 Å². The lowest BCUT2D eigenvalue weighted by atomic mass is 9.98. The van der Waals surface area contributed by atoms with Crippen LogP contribution in [0, 0.1) is 0 Å². The van der Waals surface area contributed by atoms with Crippen LogP contribution in [-0.2, 0) is 7.05 Å². The van der Waals surface area contributed by atoms with Crippen LogP contribution in [0.5, 0.6) is 11.5 Å². The van der Waals surface area contributed by atoms with E-state index in [-0.39, 0.29) is 0 Å². The lowest BCUT2D eigenvalue weighted by Crippen LogP contribution is -2.19. The van der Waals surface area contributed by atoms with Crippen molar-refractivity contribution in [2.75, 3.05) is 12.4 Å². The van der Waals surface area contributed by atoms with Gasteiger partial charge in [0.05, 0.1) is 25.6 Å². The van der Waals surface area contributed by atoms with E-state index < -0.39 is 0 Å². The van der Waals surface area contributed by atoms with Crippen molar-refractivity contribution in [3.63, 3.8) is 0 Å². The van der Waals surface area contributed by atoms with Crippen molar-refractivity contribution in [3.05, 3.63) is 36.7 Å². The molecular formula is C20H24N6O2. The van der Waals surface area contributed by atoms with E-state index in [1.165, 1.54) is 19.3 Å². The van der Waals surface area contributed by atoms with E-state index in [2.05, 4.69) is 25.4 Å². The summed E-state index contributed by atoms with van der Waals surface area (Å²) in [6.45, 7) is 0. The van der Waals surface area contributed by atoms with Crippen LogP contribution < -0.4 is 14.8 Å². The third-order valence-electron chi connectivity index (χ3n) is 4.80. The largest absolute Gasteiger partial charge is 0.495 e. The maximum absolute atomic E-state index is 6.02. The average Bonchev–Trinajstić information content (AvgIpc) is 3.10. The second-order valence-electron chi connectivity index (χ2n) is 6.85. The van der Waals surface area contributed by atoms with E-state index in [0.717, 1.165) is 18.6 Å². The predicted octanol–water partition coefficient (Wildman–Crippen LogP) is 3.74. The van der Waals surface area contributed by atoms with Gasteiger partial charge in [-0.1, -0.05) is 6.42 Å². The van der Waals surface area contributed by atoms with E-state index in [1.807, 2.05) is 31.3 Å². The summed E-state index contributed by atoms with van der Waals surface area (Å²) in [5.74, 6) is 3.28. The Morgan fingerprint density at radius 1 is 1.00 bits per heavy atom. The Labute approximate surface area is 164 Å². The molecule has 0 aliphatic heterocycles. The standard InChI is InChI=1S/C20H24N6O2/c1-26-19(17-10-8-15(27-2)12-21-17)24-20(25-26)23-18-11-9-16(13-22-18)28-14-6-4-3-5-7-14/h8-14H,3-7H2,1-2H3,(H,22,23,25). The number of rotatable bonds is 6. The zero-order chi connectivity index (χ0) is 19.3. The number of hydrogen-bond acceptors (Lipinski definition) is 7. The third kappa shape index (κ3) is 4.21. The Balaban J connectivity index is 1.42. The van der Waals surface area contributed by atoms with Crippen molar-refractivity contribution in [2.45, 2.75) is 38.2 Å². The molecule has 1 saturated carbocycles. The number of pyridine rings is 2. The molecule has 0 spiro atoms. The Morgan fingerprint density at radius 3 is 2.46 bits per heavy atom. The van der Waals surface area contributed by atoms with E-state index in [0.29, 0.717) is 35.1 Å². The fourth-order valence-electron chi connectivity index (χ4n) is 3.31. The molecule has 1 aliphatic rings. The van der Waals surface area contributed by atoms with Crippen molar-refractivity contribution in [1.29, 1.82) is 0 Å². The van der Waals surface area contributed by atoms with E-state index in [1.54, 1.807) is 24.2 Å². The molecule has 4 rings (SSSR count). The van der Waals surface area contributed by atoms with Crippen molar-refractivity contribution in [2.24, 2.45) is 7.05 Å². The highest BCUT2D eigenvalue weighted by Gasteiger charge is 2.15. The lowest BCUT2D eigenvalue weighted by molar-refractivity contribution is 0.154. The molecule has 3 aromatic heterocycles. The number of hydrogen-bond donors (Lipinski definition) is 1. The minimum absolute atomic E-state index is 0.311. The highest BCUT2D eigenvalue weighted by molar-refractivity contribution is 5.55. The fourth-order valence-corrected chi connectivity index (χ4v) is 3.31. The van der Waals surface area contributed by atoms with Gasteiger partial charge in [0.2, 0.25) is 5.95 Å². The highest BCUT2D eigenvalue weighted by Crippen LogP contribution is 2.24. The zero-order valence-corrected chi connectivity index (χ0v) is 16.1. The van der Waals surface area contributed by atoms with Gasteiger partial charge in [-0.25, -0.2) is 14.6 Å². The average molecular weight is 380 g/mol. The SMILES string of the molecule is COc1ccc(-c2nc(Nc3ccc(OC4CCCCC4)cn3)nn2C)nc1. The summed E-state index contributed by atoms with van der Waals surface area (Å²) in [5.41, 5.74) is 0.716. The van der Waals surface area contributed by atoms with Crippen molar-refractivity contribution >= 4 is 11.8 Å². The fraction of sp³-hybridized carbons (Fsp3) is 0.400. The van der Waals surface area contributed by atoms with Gasteiger partial charge in [0, 0.05) is 7.05 Å². The molecule has 146 valence electrons. The maximum atomic E-state index is 6.02. The smallest absolute Gasteiger partial charge is 0.248 e. The van der Waals surface area contributed by atoms with Crippen LogP contribution in [0.3, 0.4) is 0 Å². The van der Waals surface area contributed by atoms with Gasteiger partial charge < -0.3 is 14.8 Å². The number of methoxy groups -OCH3 is 1. The topological polar surface area (TPSA) is 87.0 Å². The monoisotopic (exact) mass is 380 g/mol. The number of nitrogens with one attached hydrogen (secondary N) is 1. The first-order valence-electron chi connectivity index (χ1n) is 9.52. The van der Waals surface area contributed by atoms with Crippen LogP contribution >= 0.6 is 0 Å². The molecule has 3 heterocycles. The Bertz CT molecular complexity index is 901. The quantitative estimate of drug-likeness (QED) is 0.697. The lowest BCUT2D eigenvalue weighted by Gasteiger charge is -2.22. The Morgan fingerprint density at radius 2 is 1.79 bits per heavy atom. The maximum Gasteiger partial charge on any atom is 0.248 e. The molecule has 0 radical (unpaired) electrons. The zero-order valence-electron chi connectivity index (χ0n) is 16.1. The van der Waals surface area contributed by atoms with Gasteiger partial charge in [-0.3, -0.25) is 0 Å². The number of anilines is 2. The van der Waals surface area contributed by atoms with Gasteiger partial charge in [0.25, 0.3) is 0 Å². The van der Waals surface area contributed by atoms with Crippen LogP contribution in [0.2, 0.25) is 0 Å². The molecule has 28 heavy (non-hydrogen) atoms. The third-order valence-corrected chi connectivity index (χ3v) is 4.80. The van der Waals surface area contributed by atoms with Crippen LogP contribution in [0.15, 0.2) is 36.7 Å². The van der Waals surface area contributed by atoms with Crippen molar-refractivity contribution in [3.8, 4) is 23.0 Å². The van der Waals surface area contributed by atoms with Crippen LogP contribution in [0.1, 0.15) is 32.1 Å². The van der Waals surface area contributed by atoms with Crippen LogP contribution in [-0.4, -0.2) is 37.9 Å². The molecule has 1 N–H and O–H groups in total. The number of nitrogens with zero attached hydrogens (tertiary/aromatic N) is 5. The van der Waals surface area contributed by atoms with Crippen LogP contribution in [0.25, 0.3) is 11.5 Å². The first-order valence-corrected chi connectivity index (χ1v) is 9.52. The minimum atomic E-state index is 0.311. The molecule has 0 bridgehead atoms. The van der Waals surface area contributed by atoms with Gasteiger partial charge in [-0.15, -0.1) is 5.10 Å². The first kappa shape index (κ1) is 18.2. The van der Waals surface area contributed by atoms with Crippen molar-refractivity contribution < 1.29 is 9.47 Å². The van der Waals surface area contributed by atoms with E-state index in [4.69, 9.17) is 9.47 Å². The molecule has 0 unspecified atom stereocenters. The number of ether oxygens (including phenoxy) is 2. The summed E-state index contributed by atoms with van der Waals surface area (Å²) in [4.78, 5) is 13.3. The van der Waals surface area contributed by atoms with Crippen molar-refractivity contribution in [1.82, 2.24) is 24.7 Å². The van der Waals surface area contributed by atoms with Gasteiger partial charge in [0.15, 0.2) is 5.82 Å². The molecule has 1 fully saturated rings. The summed E-state index contributed by atoms with van der Waals surface area (Å²) in [6, 6.07) is 7.50. The second-order valence-corrected chi connectivity index (χ2v) is 6.85. The summed E-state index contributed by atoms with van der Waals surface area (Å²) in [7, 11) is 3.44. The number of aromatic nitrogens is 5. The molecule has 0 amide bonds. The number of aryl methyl sites for hydroxylation is 1. The molecule has 0 saturated heterocycles. The summed E-state index contributed by atoms with van der Waals surface area (Å²) < 4.78 is 12.8. The van der Waals surface area contributed by atoms with Gasteiger partial charge >= 0.3 is 0 Å². The summed E-state index contributed by atoms with van der Waals surface area (Å²) in [5, 5.41) is 7.52. The highest BCUT2D eigenvalue weighted by atomic mass is 16.5. The molecule has 0 atom stereocenters. The van der Waals surface area contributed by atoms with Crippen LogP contribution in [0.4, 0.5) is 11.8 Å². The summed E-state index contributed by atoms with van der Waals surface area (Å²) in [6.07, 6.45) is 9.76. The van der Waals surface area contributed by atoms with Gasteiger partial charge in [-0.05, 0) is 49.9 Å². The molecule has 0 aromatic carbocycles. The summed E-state index contributed by atoms with van der Waals surface area (Å²) >= 11 is 0. The van der Waals surface area contributed by atoms with Gasteiger partial charge in [0.1, 0.15) is 23.0 Å². The molecular weight excluding hydrogens is 356 g/mol. The Kier molecular flexibility index (Phi) is 5.36. The van der Waals surface area contributed by atoms with E-state index in [9.17, 15) is 0 Å². The molecule has 3 aromatic rings. The minimum Gasteiger partial charge on any atom is -0.495 e. The predicted molar refractivity (Wildman–Crippen MR) is 106 cm³/mol. The van der Waals surface area contributed by atoms with Gasteiger partial charge in [-0.2, -0.15) is 4.98 Å². The molecule has 8 heteroatoms. The second kappa shape index (κ2) is 8.24. The first-order chi connectivity index (χ1) is 13.7. The molecule has 1 aliphatic carbocycles. The normalized spacial score (nSPS) is 14.6. The molecule has 8 nitrogen and oxygen atoms in total.